The SMILES string of the molecule is COc1ccc(-c2cc(C(F)(F)F)n3nc(C4=CC(C)N(C(=O)OC(C)(C)C)CC4)cc3n2)cc1OC.COc1ccc(C2CC(C(F)(F)F)n3nc(C4=CC(C)N(C(=O)OC(C)(C)C)CC4)cc3N2)cc1OC.COc1ccc(C2CC(C(F)(F)F)n3nc(C4=CC(C)NCC4)cc3N2)cc1OC.Cl. The number of carbonyl (C=O) groups is 2. The number of amides is 2. The van der Waals surface area contributed by atoms with E-state index < -0.39 is 71.8 Å². The minimum absolute atomic E-state index is 0. The van der Waals surface area contributed by atoms with Gasteiger partial charge in [-0.15, -0.1) is 12.4 Å². The summed E-state index contributed by atoms with van der Waals surface area (Å²) < 4.78 is 172. The van der Waals surface area contributed by atoms with Crippen LogP contribution in [-0.4, -0.2) is 160 Å². The summed E-state index contributed by atoms with van der Waals surface area (Å²) in [5.74, 6) is 3.44. The van der Waals surface area contributed by atoms with Gasteiger partial charge in [-0.2, -0.15) is 54.8 Å². The molecule has 7 atom stereocenters. The third-order valence-corrected chi connectivity index (χ3v) is 18.1. The number of nitrogens with one attached hydrogen (secondary N) is 3. The number of benzene rings is 3. The quantitative estimate of drug-likeness (QED) is 0.0969. The molecule has 3 aromatic carbocycles. The number of rotatable bonds is 12. The van der Waals surface area contributed by atoms with E-state index in [1.165, 1.54) is 48.7 Å². The average Bonchev–Trinajstić information content (AvgIpc) is 1.69. The fourth-order valence-electron chi connectivity index (χ4n) is 13.0. The van der Waals surface area contributed by atoms with Gasteiger partial charge in [-0.25, -0.2) is 28.5 Å². The van der Waals surface area contributed by atoms with Gasteiger partial charge < -0.3 is 63.6 Å². The number of nitrogens with zero attached hydrogens (tertiary/aromatic N) is 9. The molecular weight excluding hydrogens is 1410 g/mol. The Labute approximate surface area is 608 Å². The third-order valence-electron chi connectivity index (χ3n) is 18.1. The molecule has 5 aliphatic rings. The topological polar surface area (TPSA) is 216 Å². The first-order valence-corrected chi connectivity index (χ1v) is 33.8. The van der Waals surface area contributed by atoms with Crippen molar-refractivity contribution < 1.29 is 87.0 Å². The van der Waals surface area contributed by atoms with Crippen LogP contribution in [0.1, 0.15) is 152 Å². The van der Waals surface area contributed by atoms with Crippen LogP contribution in [0.4, 0.5) is 60.7 Å². The summed E-state index contributed by atoms with van der Waals surface area (Å²) in [7, 11) is 8.94. The van der Waals surface area contributed by atoms with Crippen LogP contribution in [0.5, 0.6) is 34.5 Å². The standard InChI is InChI=1S/C26H33F3N4O4.C26H29F3N4O4.C21H25F3N4O2.ClH/c2*1-15-11-17(9-10-32(15)24(34)37-25(2,3)4)19-14-23-30-18(13-22(26(27,28)29)33(23)31-19)16-7-8-20(35-5)21(12-16)36-6;1-12-8-14(6-7-25-12)16-11-20-26-15(10-19(21(22,23)24)28(20)27-16)13-4-5-17(29-2)18(9-13)30-3;/h7-8,11-12,14-15,18,22,30H,9-10,13H2,1-6H3;7-8,11-15H,9-10H2,1-6H3;4-5,8-9,11-12,15,19,25-26H,6-7,10H2,1-3H3;1H. The molecule has 5 aliphatic heterocycles. The van der Waals surface area contributed by atoms with Gasteiger partial charge in [-0.05, 0) is 164 Å². The Kier molecular flexibility index (Phi) is 24.0. The summed E-state index contributed by atoms with van der Waals surface area (Å²) in [5, 5.41) is 22.7. The molecule has 0 spiro atoms. The molecule has 22 nitrogen and oxygen atoms in total. The first-order valence-electron chi connectivity index (χ1n) is 33.8. The number of carbonyl (C=O) groups excluding carboxylic acids is 2. The number of hydrogen-bond donors (Lipinski definition) is 3. The molecule has 3 N–H and O–H groups in total. The zero-order valence-electron chi connectivity index (χ0n) is 60.9. The number of methoxy groups -OCH3 is 6. The third kappa shape index (κ3) is 18.4. The predicted octanol–water partition coefficient (Wildman–Crippen LogP) is 16.6. The van der Waals surface area contributed by atoms with E-state index in [0.717, 1.165) is 49.6 Å². The number of alkyl halides is 9. The van der Waals surface area contributed by atoms with E-state index in [1.807, 2.05) is 39.0 Å². The highest BCUT2D eigenvalue weighted by Crippen LogP contribution is 2.48. The highest BCUT2D eigenvalue weighted by Gasteiger charge is 2.49. The first kappa shape index (κ1) is 79.6. The lowest BCUT2D eigenvalue weighted by Gasteiger charge is -2.34. The van der Waals surface area contributed by atoms with Gasteiger partial charge in [0.2, 0.25) is 0 Å². The van der Waals surface area contributed by atoms with E-state index in [4.69, 9.17) is 37.9 Å². The van der Waals surface area contributed by atoms with Crippen molar-refractivity contribution in [2.45, 2.75) is 166 Å². The van der Waals surface area contributed by atoms with Crippen molar-refractivity contribution in [1.82, 2.24) is 49.3 Å². The molecule has 570 valence electrons. The van der Waals surface area contributed by atoms with Crippen LogP contribution in [0.3, 0.4) is 0 Å². The summed E-state index contributed by atoms with van der Waals surface area (Å²) in [6.45, 7) is 18.0. The minimum atomic E-state index is -4.67. The molecule has 105 heavy (non-hydrogen) atoms. The molecule has 4 aromatic heterocycles. The molecule has 0 fully saturated rings. The van der Waals surface area contributed by atoms with Crippen molar-refractivity contribution in [3.8, 4) is 45.8 Å². The molecular formula is C73H88ClF9N12O10. The normalized spacial score (nSPS) is 20.4. The van der Waals surface area contributed by atoms with Gasteiger partial charge in [-0.3, -0.25) is 0 Å². The molecule has 7 aromatic rings. The highest BCUT2D eigenvalue weighted by molar-refractivity contribution is 5.85. The number of halogens is 10. The zero-order chi connectivity index (χ0) is 75.7. The monoisotopic (exact) mass is 1500 g/mol. The summed E-state index contributed by atoms with van der Waals surface area (Å²) in [6, 6.07) is 15.9. The number of anilines is 2. The summed E-state index contributed by atoms with van der Waals surface area (Å²) in [6.07, 6.45) is -7.52. The van der Waals surface area contributed by atoms with Crippen LogP contribution >= 0.6 is 12.4 Å². The van der Waals surface area contributed by atoms with E-state index in [2.05, 4.69) is 36.2 Å². The van der Waals surface area contributed by atoms with E-state index in [-0.39, 0.29) is 60.5 Å². The lowest BCUT2D eigenvalue weighted by atomic mass is 9.96. The number of hydrogen-bond acceptors (Lipinski definition) is 17. The highest BCUT2D eigenvalue weighted by atomic mass is 35.5. The van der Waals surface area contributed by atoms with Crippen molar-refractivity contribution in [3.05, 3.63) is 131 Å². The Morgan fingerprint density at radius 1 is 0.486 bits per heavy atom. The molecule has 0 bridgehead atoms. The van der Waals surface area contributed by atoms with Gasteiger partial charge in [0, 0.05) is 55.7 Å². The van der Waals surface area contributed by atoms with Gasteiger partial charge in [0.25, 0.3) is 0 Å². The van der Waals surface area contributed by atoms with Crippen molar-refractivity contribution in [1.29, 1.82) is 0 Å². The van der Waals surface area contributed by atoms with Crippen molar-refractivity contribution in [2.24, 2.45) is 0 Å². The smallest absolute Gasteiger partial charge is 0.433 e. The maximum absolute atomic E-state index is 14.2. The average molecular weight is 1500 g/mol. The Balaban J connectivity index is 0.000000183. The lowest BCUT2D eigenvalue weighted by molar-refractivity contribution is -0.174. The molecule has 0 aliphatic carbocycles. The molecule has 9 heterocycles. The Morgan fingerprint density at radius 3 is 1.29 bits per heavy atom. The zero-order valence-corrected chi connectivity index (χ0v) is 61.7. The second kappa shape index (κ2) is 31.7. The number of aromatic nitrogens is 7. The van der Waals surface area contributed by atoms with E-state index in [0.29, 0.717) is 100 Å². The van der Waals surface area contributed by atoms with Crippen LogP contribution in [-0.2, 0) is 15.7 Å². The van der Waals surface area contributed by atoms with Crippen LogP contribution in [0.25, 0.3) is 33.6 Å². The Morgan fingerprint density at radius 2 is 0.895 bits per heavy atom. The van der Waals surface area contributed by atoms with E-state index >= 15 is 0 Å². The van der Waals surface area contributed by atoms with Crippen LogP contribution in [0.15, 0.2) is 97.1 Å². The Hall–Kier alpha value is -9.52. The molecule has 12 rings (SSSR count). The maximum Gasteiger partial charge on any atom is 0.433 e. The van der Waals surface area contributed by atoms with Crippen LogP contribution < -0.4 is 44.4 Å². The second-order valence-electron chi connectivity index (χ2n) is 27.7. The number of fused-ring (bicyclic) bond motifs is 3. The summed E-state index contributed by atoms with van der Waals surface area (Å²) in [5.41, 5.74) is 3.68. The molecule has 0 saturated heterocycles. The molecule has 32 heteroatoms. The fourth-order valence-corrected chi connectivity index (χ4v) is 13.0. The molecule has 0 radical (unpaired) electrons. The predicted molar refractivity (Wildman–Crippen MR) is 380 cm³/mol. The number of ether oxygens (including phenoxy) is 8. The van der Waals surface area contributed by atoms with Crippen molar-refractivity contribution in [2.75, 3.05) is 72.9 Å². The van der Waals surface area contributed by atoms with Crippen LogP contribution in [0, 0.1) is 0 Å². The van der Waals surface area contributed by atoms with Crippen molar-refractivity contribution >= 4 is 58.6 Å². The maximum atomic E-state index is 14.2. The second-order valence-corrected chi connectivity index (χ2v) is 27.7. The summed E-state index contributed by atoms with van der Waals surface area (Å²) in [4.78, 5) is 32.7. The van der Waals surface area contributed by atoms with Gasteiger partial charge in [-0.1, -0.05) is 30.4 Å². The van der Waals surface area contributed by atoms with Crippen molar-refractivity contribution in [3.63, 3.8) is 0 Å². The van der Waals surface area contributed by atoms with Gasteiger partial charge in [0.15, 0.2) is 57.9 Å². The Bertz CT molecular complexity index is 4360. The van der Waals surface area contributed by atoms with Gasteiger partial charge >= 0.3 is 30.7 Å². The first-order chi connectivity index (χ1) is 48.9. The fraction of sp³-hybridized carbons (Fsp3) is 0.479. The largest absolute Gasteiger partial charge is 0.493 e. The minimum Gasteiger partial charge on any atom is -0.493 e. The van der Waals surface area contributed by atoms with E-state index in [9.17, 15) is 49.1 Å². The molecule has 2 amide bonds. The molecule has 0 saturated carbocycles. The lowest BCUT2D eigenvalue weighted by Crippen LogP contribution is -2.43. The van der Waals surface area contributed by atoms with Gasteiger partial charge in [0.1, 0.15) is 22.8 Å². The summed E-state index contributed by atoms with van der Waals surface area (Å²) >= 11 is 0. The van der Waals surface area contributed by atoms with Crippen LogP contribution in [0.2, 0.25) is 0 Å². The van der Waals surface area contributed by atoms with Gasteiger partial charge in [0.05, 0.1) is 89.6 Å². The van der Waals surface area contributed by atoms with E-state index in [1.54, 1.807) is 118 Å². The molecule has 7 unspecified atom stereocenters.